The SMILES string of the molecule is CC1(C)CC[C@]2(C)CC[C@]3(C)[C@H]4CC=C5[C@@H](CC[C@H](O)C5(C)C)[C@@H]4CC[C@@]3(C)[C@H]2C1. The smallest absolute Gasteiger partial charge is 0.0628 e. The molecular weight excluding hydrogens is 364 g/mol. The topological polar surface area (TPSA) is 20.2 Å². The second-order valence-corrected chi connectivity index (χ2v) is 14.5. The maximum atomic E-state index is 10.7. The van der Waals surface area contributed by atoms with Gasteiger partial charge >= 0.3 is 0 Å². The van der Waals surface area contributed by atoms with E-state index in [9.17, 15) is 5.11 Å². The molecule has 0 heterocycles. The molecule has 0 aromatic heterocycles. The lowest BCUT2D eigenvalue weighted by Gasteiger charge is -2.71. The average Bonchev–Trinajstić information content (AvgIpc) is 2.67. The van der Waals surface area contributed by atoms with E-state index >= 15 is 0 Å². The molecule has 4 saturated carbocycles. The summed E-state index contributed by atoms with van der Waals surface area (Å²) >= 11 is 0. The van der Waals surface area contributed by atoms with Crippen LogP contribution in [0.1, 0.15) is 113 Å². The Morgan fingerprint density at radius 2 is 1.50 bits per heavy atom. The first-order valence-corrected chi connectivity index (χ1v) is 13.2. The van der Waals surface area contributed by atoms with Crippen molar-refractivity contribution in [3.63, 3.8) is 0 Å². The van der Waals surface area contributed by atoms with Crippen molar-refractivity contribution in [2.75, 3.05) is 0 Å². The van der Waals surface area contributed by atoms with Gasteiger partial charge in [-0.15, -0.1) is 0 Å². The lowest BCUT2D eigenvalue weighted by Crippen LogP contribution is -2.63. The number of rotatable bonds is 0. The molecule has 8 atom stereocenters. The Hall–Kier alpha value is -0.300. The maximum Gasteiger partial charge on any atom is 0.0628 e. The average molecular weight is 413 g/mol. The maximum absolute atomic E-state index is 10.7. The summed E-state index contributed by atoms with van der Waals surface area (Å²) in [5.41, 5.74) is 3.67. The van der Waals surface area contributed by atoms with Crippen molar-refractivity contribution in [3.8, 4) is 0 Å². The summed E-state index contributed by atoms with van der Waals surface area (Å²) in [7, 11) is 0. The van der Waals surface area contributed by atoms with Crippen molar-refractivity contribution in [1.82, 2.24) is 0 Å². The Morgan fingerprint density at radius 1 is 0.800 bits per heavy atom. The number of aliphatic hydroxyl groups is 1. The van der Waals surface area contributed by atoms with Gasteiger partial charge in [-0.3, -0.25) is 0 Å². The van der Waals surface area contributed by atoms with Gasteiger partial charge in [-0.1, -0.05) is 60.1 Å². The molecule has 1 N–H and O–H groups in total. The molecule has 0 bridgehead atoms. The first-order chi connectivity index (χ1) is 13.8. The summed E-state index contributed by atoms with van der Waals surface area (Å²) in [4.78, 5) is 0. The summed E-state index contributed by atoms with van der Waals surface area (Å²) in [5.74, 6) is 3.34. The summed E-state index contributed by atoms with van der Waals surface area (Å²) in [6.07, 6.45) is 16.0. The van der Waals surface area contributed by atoms with Gasteiger partial charge in [0.1, 0.15) is 0 Å². The summed E-state index contributed by atoms with van der Waals surface area (Å²) < 4.78 is 0. The van der Waals surface area contributed by atoms with Crippen LogP contribution in [0.4, 0.5) is 0 Å². The summed E-state index contributed by atoms with van der Waals surface area (Å²) in [6.45, 7) is 17.8. The van der Waals surface area contributed by atoms with Crippen molar-refractivity contribution in [2.24, 2.45) is 50.7 Å². The highest BCUT2D eigenvalue weighted by Crippen LogP contribution is 2.74. The van der Waals surface area contributed by atoms with Gasteiger partial charge in [-0.25, -0.2) is 0 Å². The number of hydrogen-bond donors (Lipinski definition) is 1. The van der Waals surface area contributed by atoms with Gasteiger partial charge in [0.05, 0.1) is 6.10 Å². The number of hydrogen-bond acceptors (Lipinski definition) is 1. The van der Waals surface area contributed by atoms with E-state index in [1.807, 2.05) is 0 Å². The molecule has 5 rings (SSSR count). The standard InChI is InChI=1S/C29H48O/c1-25(2)14-15-27(5)16-17-28(6)22-10-9-21-19(8-11-24(30)26(21,3)4)20(22)12-13-29(28,7)23(27)18-25/h9,19-20,22-24,30H,8,10-18H2,1-7H3/t19-,20-,22-,23-,24-,27+,28+,29-/m0/s1. The monoisotopic (exact) mass is 412 g/mol. The first kappa shape index (κ1) is 21.5. The lowest BCUT2D eigenvalue weighted by atomic mass is 9.34. The third kappa shape index (κ3) is 2.69. The highest BCUT2D eigenvalue weighted by atomic mass is 16.3. The molecule has 0 unspecified atom stereocenters. The fourth-order valence-electron chi connectivity index (χ4n) is 9.98. The molecule has 0 saturated heterocycles. The third-order valence-electron chi connectivity index (χ3n) is 12.4. The zero-order valence-corrected chi connectivity index (χ0v) is 21.0. The van der Waals surface area contributed by atoms with Crippen LogP contribution in [0.3, 0.4) is 0 Å². The molecule has 5 aliphatic carbocycles. The third-order valence-corrected chi connectivity index (χ3v) is 12.4. The van der Waals surface area contributed by atoms with Crippen LogP contribution in [0.5, 0.6) is 0 Å². The number of fused-ring (bicyclic) bond motifs is 7. The van der Waals surface area contributed by atoms with Crippen LogP contribution in [0, 0.1) is 50.7 Å². The molecule has 0 aromatic carbocycles. The van der Waals surface area contributed by atoms with Gasteiger partial charge in [0.15, 0.2) is 0 Å². The van der Waals surface area contributed by atoms with Crippen LogP contribution in [0.15, 0.2) is 11.6 Å². The molecule has 5 aliphatic rings. The Labute approximate surface area is 186 Å². The second-order valence-electron chi connectivity index (χ2n) is 14.5. The molecule has 30 heavy (non-hydrogen) atoms. The summed E-state index contributed by atoms with van der Waals surface area (Å²) in [5, 5.41) is 10.7. The molecule has 1 heteroatoms. The lowest BCUT2D eigenvalue weighted by molar-refractivity contribution is -0.210. The fraction of sp³-hybridized carbons (Fsp3) is 0.931. The first-order valence-electron chi connectivity index (χ1n) is 13.2. The fourth-order valence-corrected chi connectivity index (χ4v) is 9.98. The van der Waals surface area contributed by atoms with Gasteiger partial charge < -0.3 is 5.11 Å². The second kappa shape index (κ2) is 6.39. The molecular formula is C29H48O. The van der Waals surface area contributed by atoms with Gasteiger partial charge in [-0.05, 0) is 110 Å². The van der Waals surface area contributed by atoms with E-state index in [1.165, 1.54) is 57.8 Å². The Morgan fingerprint density at radius 3 is 2.23 bits per heavy atom. The largest absolute Gasteiger partial charge is 0.392 e. The zero-order chi connectivity index (χ0) is 21.7. The van der Waals surface area contributed by atoms with Gasteiger partial charge in [0.25, 0.3) is 0 Å². The minimum atomic E-state index is -0.152. The molecule has 0 aliphatic heterocycles. The normalized spacial score (nSPS) is 54.1. The van der Waals surface area contributed by atoms with Crippen LogP contribution >= 0.6 is 0 Å². The van der Waals surface area contributed by atoms with Crippen molar-refractivity contribution < 1.29 is 5.11 Å². The van der Waals surface area contributed by atoms with E-state index in [0.717, 1.165) is 30.1 Å². The Kier molecular flexibility index (Phi) is 4.59. The molecule has 1 nitrogen and oxygen atoms in total. The quantitative estimate of drug-likeness (QED) is 0.403. The van der Waals surface area contributed by atoms with E-state index in [0.29, 0.717) is 21.7 Å². The zero-order valence-electron chi connectivity index (χ0n) is 21.0. The van der Waals surface area contributed by atoms with Crippen molar-refractivity contribution in [2.45, 2.75) is 119 Å². The van der Waals surface area contributed by atoms with Crippen molar-refractivity contribution in [1.29, 1.82) is 0 Å². The van der Waals surface area contributed by atoms with E-state index in [2.05, 4.69) is 54.5 Å². The highest BCUT2D eigenvalue weighted by Gasteiger charge is 2.66. The minimum Gasteiger partial charge on any atom is -0.392 e. The van der Waals surface area contributed by atoms with Crippen molar-refractivity contribution in [3.05, 3.63) is 11.6 Å². The van der Waals surface area contributed by atoms with Gasteiger partial charge in [-0.2, -0.15) is 0 Å². The van der Waals surface area contributed by atoms with Crippen LogP contribution in [-0.2, 0) is 0 Å². The van der Waals surface area contributed by atoms with E-state index in [-0.39, 0.29) is 11.5 Å². The van der Waals surface area contributed by atoms with Gasteiger partial charge in [0.2, 0.25) is 0 Å². The summed E-state index contributed by atoms with van der Waals surface area (Å²) in [6, 6.07) is 0. The molecule has 0 aromatic rings. The minimum absolute atomic E-state index is 0.0198. The Balaban J connectivity index is 1.52. The van der Waals surface area contributed by atoms with Crippen LogP contribution in [0.2, 0.25) is 0 Å². The number of allylic oxidation sites excluding steroid dienone is 1. The molecule has 0 amide bonds. The highest BCUT2D eigenvalue weighted by molar-refractivity contribution is 5.28. The molecule has 170 valence electrons. The Bertz CT molecular complexity index is 745. The van der Waals surface area contributed by atoms with Gasteiger partial charge in [0, 0.05) is 5.41 Å². The van der Waals surface area contributed by atoms with E-state index in [4.69, 9.17) is 0 Å². The number of aliphatic hydroxyl groups excluding tert-OH is 1. The molecule has 0 radical (unpaired) electrons. The van der Waals surface area contributed by atoms with E-state index < -0.39 is 0 Å². The van der Waals surface area contributed by atoms with Crippen LogP contribution in [0.25, 0.3) is 0 Å². The van der Waals surface area contributed by atoms with Crippen LogP contribution < -0.4 is 0 Å². The van der Waals surface area contributed by atoms with E-state index in [1.54, 1.807) is 5.57 Å². The molecule has 0 spiro atoms. The molecule has 4 fully saturated rings. The van der Waals surface area contributed by atoms with Crippen molar-refractivity contribution >= 4 is 0 Å². The predicted molar refractivity (Wildman–Crippen MR) is 126 cm³/mol. The van der Waals surface area contributed by atoms with Crippen LogP contribution in [-0.4, -0.2) is 11.2 Å². The predicted octanol–water partition coefficient (Wildman–Crippen LogP) is 7.78.